The Kier molecular flexibility index (Phi) is 2.13. The number of carbonyl (C=O) groups excluding carboxylic acids is 1. The molecule has 0 saturated heterocycles. The number of carbonyl (C=O) groups is 1. The van der Waals surface area contributed by atoms with Crippen molar-refractivity contribution in [2.24, 2.45) is 17.3 Å². The summed E-state index contributed by atoms with van der Waals surface area (Å²) >= 11 is 0. The number of hydrogen-bond donors (Lipinski definition) is 0. The van der Waals surface area contributed by atoms with Gasteiger partial charge < -0.3 is 0 Å². The molecule has 1 saturated carbocycles. The Hall–Kier alpha value is -0.850. The number of rotatable bonds is 1. The van der Waals surface area contributed by atoms with Gasteiger partial charge in [0, 0.05) is 11.8 Å². The first-order valence-electron chi connectivity index (χ1n) is 5.39. The van der Waals surface area contributed by atoms with Gasteiger partial charge in [0.1, 0.15) is 5.78 Å². The first kappa shape index (κ1) is 9.70. The molecule has 0 aromatic rings. The second-order valence-electron chi connectivity index (χ2n) is 5.02. The highest BCUT2D eigenvalue weighted by Gasteiger charge is 2.51. The van der Waals surface area contributed by atoms with Crippen molar-refractivity contribution in [3.63, 3.8) is 0 Å². The van der Waals surface area contributed by atoms with E-state index in [1.807, 2.05) is 0 Å². The molecule has 76 valence electrons. The van der Waals surface area contributed by atoms with E-state index in [0.29, 0.717) is 17.6 Å². The van der Waals surface area contributed by atoms with Gasteiger partial charge in [-0.3, -0.25) is 4.79 Å². The van der Waals surface area contributed by atoms with E-state index in [4.69, 9.17) is 0 Å². The van der Waals surface area contributed by atoms with Crippen LogP contribution in [0.4, 0.5) is 0 Å². The largest absolute Gasteiger partial charge is 0.299 e. The molecule has 1 nitrogen and oxygen atoms in total. The minimum Gasteiger partial charge on any atom is -0.299 e. The first-order chi connectivity index (χ1) is 6.55. The molecule has 2 rings (SSSR count). The van der Waals surface area contributed by atoms with Gasteiger partial charge >= 0.3 is 0 Å². The summed E-state index contributed by atoms with van der Waals surface area (Å²) in [5, 5.41) is 0. The summed E-state index contributed by atoms with van der Waals surface area (Å²) in [6.07, 6.45) is 7.09. The van der Waals surface area contributed by atoms with E-state index in [0.717, 1.165) is 19.3 Å². The maximum Gasteiger partial charge on any atom is 0.139 e. The summed E-state index contributed by atoms with van der Waals surface area (Å²) in [5.41, 5.74) is 1.10. The Labute approximate surface area is 85.9 Å². The molecule has 0 radical (unpaired) electrons. The van der Waals surface area contributed by atoms with Crippen molar-refractivity contribution < 1.29 is 4.79 Å². The van der Waals surface area contributed by atoms with E-state index >= 15 is 0 Å². The van der Waals surface area contributed by atoms with Gasteiger partial charge in [0.05, 0.1) is 0 Å². The lowest BCUT2D eigenvalue weighted by atomic mass is 9.69. The van der Waals surface area contributed by atoms with Gasteiger partial charge in [-0.05, 0) is 31.6 Å². The highest BCUT2D eigenvalue weighted by atomic mass is 16.1. The molecule has 0 spiro atoms. The zero-order valence-corrected chi connectivity index (χ0v) is 9.05. The lowest BCUT2D eigenvalue weighted by molar-refractivity contribution is -0.126. The third kappa shape index (κ3) is 1.18. The van der Waals surface area contributed by atoms with Crippen molar-refractivity contribution in [1.29, 1.82) is 0 Å². The van der Waals surface area contributed by atoms with Crippen molar-refractivity contribution in [3.8, 4) is 0 Å². The van der Waals surface area contributed by atoms with Crippen molar-refractivity contribution in [3.05, 3.63) is 24.3 Å². The Morgan fingerprint density at radius 1 is 1.57 bits per heavy atom. The van der Waals surface area contributed by atoms with E-state index < -0.39 is 0 Å². The number of hydrogen-bond acceptors (Lipinski definition) is 1. The lowest BCUT2D eigenvalue weighted by Gasteiger charge is -2.34. The molecular formula is C13H18O. The quantitative estimate of drug-likeness (QED) is 0.581. The van der Waals surface area contributed by atoms with Gasteiger partial charge in [-0.25, -0.2) is 0 Å². The zero-order valence-electron chi connectivity index (χ0n) is 9.05. The molecule has 2 aliphatic rings. The lowest BCUT2D eigenvalue weighted by Crippen LogP contribution is -2.31. The second kappa shape index (κ2) is 3.08. The Morgan fingerprint density at radius 3 is 2.93 bits per heavy atom. The van der Waals surface area contributed by atoms with E-state index in [9.17, 15) is 4.79 Å². The second-order valence-corrected chi connectivity index (χ2v) is 5.02. The monoisotopic (exact) mass is 190 g/mol. The maximum absolute atomic E-state index is 12.0. The van der Waals surface area contributed by atoms with Crippen molar-refractivity contribution >= 4 is 5.78 Å². The van der Waals surface area contributed by atoms with Gasteiger partial charge in [-0.2, -0.15) is 0 Å². The van der Waals surface area contributed by atoms with Crippen molar-refractivity contribution in [2.45, 2.75) is 33.1 Å². The molecule has 0 aromatic heterocycles. The van der Waals surface area contributed by atoms with Crippen molar-refractivity contribution in [1.82, 2.24) is 0 Å². The zero-order chi connectivity index (χ0) is 10.3. The van der Waals surface area contributed by atoms with Crippen LogP contribution in [0.25, 0.3) is 0 Å². The fourth-order valence-corrected chi connectivity index (χ4v) is 3.00. The van der Waals surface area contributed by atoms with Gasteiger partial charge in [-0.15, -0.1) is 0 Å². The fraction of sp³-hybridized carbons (Fsp3) is 0.615. The van der Waals surface area contributed by atoms with Crippen LogP contribution in [0.3, 0.4) is 0 Å². The molecule has 0 heterocycles. The topological polar surface area (TPSA) is 17.1 Å². The first-order valence-corrected chi connectivity index (χ1v) is 5.39. The normalized spacial score (nSPS) is 41.1. The van der Waals surface area contributed by atoms with Gasteiger partial charge in [0.2, 0.25) is 0 Å². The van der Waals surface area contributed by atoms with Gasteiger partial charge in [-0.1, -0.05) is 31.2 Å². The maximum atomic E-state index is 12.0. The molecular weight excluding hydrogens is 172 g/mol. The predicted molar refractivity (Wildman–Crippen MR) is 57.9 cm³/mol. The summed E-state index contributed by atoms with van der Waals surface area (Å²) in [6, 6.07) is 0. The van der Waals surface area contributed by atoms with E-state index in [2.05, 4.69) is 32.6 Å². The molecule has 0 aliphatic heterocycles. The van der Waals surface area contributed by atoms with Crippen LogP contribution in [0.15, 0.2) is 24.3 Å². The van der Waals surface area contributed by atoms with E-state index in [1.54, 1.807) is 0 Å². The van der Waals surface area contributed by atoms with E-state index in [-0.39, 0.29) is 5.41 Å². The summed E-state index contributed by atoms with van der Waals surface area (Å²) in [4.78, 5) is 12.0. The minimum atomic E-state index is -0.0850. The molecule has 0 bridgehead atoms. The smallest absolute Gasteiger partial charge is 0.139 e. The molecule has 0 unspecified atom stereocenters. The van der Waals surface area contributed by atoms with Gasteiger partial charge in [0.25, 0.3) is 0 Å². The van der Waals surface area contributed by atoms with Crippen LogP contribution in [0.5, 0.6) is 0 Å². The van der Waals surface area contributed by atoms with Crippen LogP contribution in [0.1, 0.15) is 33.1 Å². The number of Topliss-reactive ketones (excluding diaryl/α,β-unsaturated/α-hetero) is 1. The highest BCUT2D eigenvalue weighted by molar-refractivity contribution is 5.88. The predicted octanol–water partition coefficient (Wildman–Crippen LogP) is 3.12. The average molecular weight is 190 g/mol. The van der Waals surface area contributed by atoms with Crippen LogP contribution in [0.2, 0.25) is 0 Å². The average Bonchev–Trinajstić information content (AvgIpc) is 2.40. The Balaban J connectivity index is 2.35. The SMILES string of the molecule is C=C(C)[C@@H]1CC(=O)[C@@]2(C)CC=CC[C@H]12. The minimum absolute atomic E-state index is 0.0850. The number of fused-ring (bicyclic) bond motifs is 1. The molecule has 14 heavy (non-hydrogen) atoms. The summed E-state index contributed by atoms with van der Waals surface area (Å²) in [7, 11) is 0. The van der Waals surface area contributed by atoms with Crippen molar-refractivity contribution in [2.75, 3.05) is 0 Å². The van der Waals surface area contributed by atoms with E-state index in [1.165, 1.54) is 5.57 Å². The van der Waals surface area contributed by atoms with Crippen LogP contribution in [-0.2, 0) is 4.79 Å². The third-order valence-electron chi connectivity index (χ3n) is 4.08. The summed E-state index contributed by atoms with van der Waals surface area (Å²) in [5.74, 6) is 1.38. The Bertz CT molecular complexity index is 313. The molecule has 1 heteroatoms. The third-order valence-corrected chi connectivity index (χ3v) is 4.08. The molecule has 0 aromatic carbocycles. The Morgan fingerprint density at radius 2 is 2.29 bits per heavy atom. The summed E-state index contributed by atoms with van der Waals surface area (Å²) in [6.45, 7) is 8.21. The highest BCUT2D eigenvalue weighted by Crippen LogP contribution is 2.52. The molecule has 2 aliphatic carbocycles. The van der Waals surface area contributed by atoms with Gasteiger partial charge in [0.15, 0.2) is 0 Å². The molecule has 0 N–H and O–H groups in total. The van der Waals surface area contributed by atoms with Crippen LogP contribution in [-0.4, -0.2) is 5.78 Å². The molecule has 0 amide bonds. The fourth-order valence-electron chi connectivity index (χ4n) is 3.00. The van der Waals surface area contributed by atoms with Crippen LogP contribution in [0, 0.1) is 17.3 Å². The van der Waals surface area contributed by atoms with Crippen LogP contribution < -0.4 is 0 Å². The molecule has 3 atom stereocenters. The standard InChI is InChI=1S/C13H18O/c1-9(2)10-8-12(14)13(3)7-5-4-6-11(10)13/h4-5,10-11H,1,6-8H2,2-3H3/t10-,11+,13-/m0/s1. The number of allylic oxidation sites excluding steroid dienone is 3. The van der Waals surface area contributed by atoms with Crippen LogP contribution >= 0.6 is 0 Å². The number of ketones is 1. The summed E-state index contributed by atoms with van der Waals surface area (Å²) < 4.78 is 0. The molecule has 1 fully saturated rings.